The van der Waals surface area contributed by atoms with Crippen molar-refractivity contribution in [3.05, 3.63) is 68.8 Å². The first-order valence-electron chi connectivity index (χ1n) is 8.63. The zero-order chi connectivity index (χ0) is 19.5. The van der Waals surface area contributed by atoms with Crippen LogP contribution < -0.4 is 10.6 Å². The van der Waals surface area contributed by atoms with E-state index in [1.807, 2.05) is 18.2 Å². The number of benzene rings is 1. The molecule has 9 heteroatoms. The zero-order valence-corrected chi connectivity index (χ0v) is 17.7. The van der Waals surface area contributed by atoms with Crippen molar-refractivity contribution in [1.29, 1.82) is 0 Å². The van der Waals surface area contributed by atoms with E-state index in [0.717, 1.165) is 26.3 Å². The smallest absolute Gasteiger partial charge is 0.257 e. The van der Waals surface area contributed by atoms with Crippen LogP contribution in [0.25, 0.3) is 0 Å². The first-order valence-corrected chi connectivity index (χ1v) is 10.9. The highest BCUT2D eigenvalue weighted by atomic mass is 127. The van der Waals surface area contributed by atoms with Gasteiger partial charge in [0.2, 0.25) is 5.91 Å². The molecule has 0 aliphatic carbocycles. The first kappa shape index (κ1) is 19.1. The predicted octanol–water partition coefficient (Wildman–Crippen LogP) is 3.40. The number of halogens is 1. The van der Waals surface area contributed by atoms with E-state index in [9.17, 15) is 9.59 Å². The molecule has 3 heterocycles. The summed E-state index contributed by atoms with van der Waals surface area (Å²) in [6, 6.07) is 11.0. The van der Waals surface area contributed by atoms with Crippen LogP contribution in [-0.4, -0.2) is 21.6 Å². The Morgan fingerprint density at radius 2 is 2.07 bits per heavy atom. The molecule has 28 heavy (non-hydrogen) atoms. The van der Waals surface area contributed by atoms with Gasteiger partial charge in [0.15, 0.2) is 0 Å². The number of hydrogen-bond donors (Lipinski definition) is 2. The fourth-order valence-corrected chi connectivity index (χ4v) is 4.60. The van der Waals surface area contributed by atoms with E-state index in [2.05, 4.69) is 38.3 Å². The second-order valence-corrected chi connectivity index (χ2v) is 8.36. The van der Waals surface area contributed by atoms with Gasteiger partial charge in [0, 0.05) is 20.6 Å². The Morgan fingerprint density at radius 3 is 2.86 bits per heavy atom. The molecule has 2 aromatic heterocycles. The Balaban J connectivity index is 1.51. The molecule has 0 saturated heterocycles. The van der Waals surface area contributed by atoms with Crippen molar-refractivity contribution in [2.75, 3.05) is 5.32 Å². The Bertz CT molecular complexity index is 1020. The molecule has 0 atom stereocenters. The molecule has 1 aromatic carbocycles. The summed E-state index contributed by atoms with van der Waals surface area (Å²) in [5.74, 6) is 2.42. The van der Waals surface area contributed by atoms with Crippen molar-refractivity contribution in [3.63, 3.8) is 0 Å². The minimum Gasteiger partial charge on any atom is -0.467 e. The van der Waals surface area contributed by atoms with Crippen LogP contribution in [0.1, 0.15) is 27.4 Å². The van der Waals surface area contributed by atoms with Crippen LogP contribution in [0.3, 0.4) is 0 Å². The van der Waals surface area contributed by atoms with Gasteiger partial charge in [-0.15, -0.1) is 0 Å². The molecule has 0 unspecified atom stereocenters. The number of nitrogens with zero attached hydrogens (tertiary/aromatic N) is 2. The van der Waals surface area contributed by atoms with Crippen LogP contribution in [-0.2, 0) is 29.4 Å². The predicted molar refractivity (Wildman–Crippen MR) is 115 cm³/mol. The summed E-state index contributed by atoms with van der Waals surface area (Å²) in [6.45, 7) is 0.340. The fraction of sp³-hybridized carbons (Fsp3) is 0.211. The highest BCUT2D eigenvalue weighted by Crippen LogP contribution is 2.35. The topological polar surface area (TPSA) is 89.2 Å². The third-order valence-corrected chi connectivity index (χ3v) is 6.21. The highest BCUT2D eigenvalue weighted by Gasteiger charge is 2.25. The van der Waals surface area contributed by atoms with Gasteiger partial charge in [-0.3, -0.25) is 9.59 Å². The van der Waals surface area contributed by atoms with Crippen molar-refractivity contribution in [2.24, 2.45) is 0 Å². The Hall–Kier alpha value is -2.27. The lowest BCUT2D eigenvalue weighted by atomic mass is 10.2. The molecule has 0 radical (unpaired) electrons. The molecular weight excluding hydrogens is 491 g/mol. The number of hydrogen-bond acceptors (Lipinski definition) is 5. The van der Waals surface area contributed by atoms with Crippen LogP contribution in [0.4, 0.5) is 5.82 Å². The summed E-state index contributed by atoms with van der Waals surface area (Å²) in [7, 11) is 0. The fourth-order valence-electron chi connectivity index (χ4n) is 2.93. The molecule has 1 aliphatic heterocycles. The van der Waals surface area contributed by atoms with E-state index in [-0.39, 0.29) is 18.4 Å². The van der Waals surface area contributed by atoms with Crippen LogP contribution in [0.15, 0.2) is 47.1 Å². The SMILES string of the molecule is O=C(Cn1nc2c(c1NC(=O)c1ccccc1I)CSC2)NCc1ccco1. The minimum atomic E-state index is -0.207. The molecule has 2 N–H and O–H groups in total. The van der Waals surface area contributed by atoms with Crippen molar-refractivity contribution >= 4 is 52.0 Å². The summed E-state index contributed by atoms with van der Waals surface area (Å²) in [5, 5.41) is 10.3. The first-order chi connectivity index (χ1) is 13.6. The quantitative estimate of drug-likeness (QED) is 0.499. The molecule has 144 valence electrons. The van der Waals surface area contributed by atoms with E-state index in [4.69, 9.17) is 4.42 Å². The Labute approximate surface area is 179 Å². The number of fused-ring (bicyclic) bond motifs is 1. The molecule has 0 bridgehead atoms. The molecule has 7 nitrogen and oxygen atoms in total. The van der Waals surface area contributed by atoms with Crippen molar-refractivity contribution in [3.8, 4) is 0 Å². The lowest BCUT2D eigenvalue weighted by molar-refractivity contribution is -0.122. The van der Waals surface area contributed by atoms with Gasteiger partial charge in [-0.05, 0) is 46.9 Å². The molecule has 0 spiro atoms. The summed E-state index contributed by atoms with van der Waals surface area (Å²) in [5.41, 5.74) is 2.50. The second kappa shape index (κ2) is 8.39. The number of thioether (sulfide) groups is 1. The molecule has 0 saturated carbocycles. The summed E-state index contributed by atoms with van der Waals surface area (Å²) in [6.07, 6.45) is 1.57. The molecule has 0 fully saturated rings. The highest BCUT2D eigenvalue weighted by molar-refractivity contribution is 14.1. The maximum absolute atomic E-state index is 12.8. The molecule has 4 rings (SSSR count). The summed E-state index contributed by atoms with van der Waals surface area (Å²) < 4.78 is 7.67. The normalized spacial score (nSPS) is 12.6. The third kappa shape index (κ3) is 4.09. The number of carbonyl (C=O) groups excluding carboxylic acids is 2. The van der Waals surface area contributed by atoms with Crippen molar-refractivity contribution < 1.29 is 14.0 Å². The number of aromatic nitrogens is 2. The Kier molecular flexibility index (Phi) is 5.72. The summed E-state index contributed by atoms with van der Waals surface area (Å²) >= 11 is 3.88. The van der Waals surface area contributed by atoms with E-state index < -0.39 is 0 Å². The van der Waals surface area contributed by atoms with E-state index in [1.54, 1.807) is 40.9 Å². The van der Waals surface area contributed by atoms with Gasteiger partial charge >= 0.3 is 0 Å². The number of nitrogens with one attached hydrogen (secondary N) is 2. The van der Waals surface area contributed by atoms with Crippen LogP contribution in [0.5, 0.6) is 0 Å². The number of carbonyl (C=O) groups is 2. The zero-order valence-electron chi connectivity index (χ0n) is 14.8. The lowest BCUT2D eigenvalue weighted by Gasteiger charge is -2.12. The van der Waals surface area contributed by atoms with Gasteiger partial charge in [0.05, 0.1) is 24.1 Å². The van der Waals surface area contributed by atoms with Gasteiger partial charge in [0.1, 0.15) is 18.1 Å². The van der Waals surface area contributed by atoms with Gasteiger partial charge in [-0.25, -0.2) is 4.68 Å². The maximum Gasteiger partial charge on any atom is 0.257 e. The molecular formula is C19H17IN4O3S. The lowest BCUT2D eigenvalue weighted by Crippen LogP contribution is -2.28. The van der Waals surface area contributed by atoms with Crippen molar-refractivity contribution in [2.45, 2.75) is 24.6 Å². The minimum absolute atomic E-state index is 0.0276. The van der Waals surface area contributed by atoms with Crippen molar-refractivity contribution in [1.82, 2.24) is 15.1 Å². The van der Waals surface area contributed by atoms with E-state index in [0.29, 0.717) is 23.7 Å². The van der Waals surface area contributed by atoms with Crippen LogP contribution >= 0.6 is 34.4 Å². The standard InChI is InChI=1S/C19H17IN4O3S/c20-15-6-2-1-5-13(15)19(26)22-18-14-10-28-11-16(14)23-24(18)9-17(25)21-8-12-4-3-7-27-12/h1-7H,8-11H2,(H,21,25)(H,22,26). The summed E-state index contributed by atoms with van der Waals surface area (Å²) in [4.78, 5) is 25.1. The monoisotopic (exact) mass is 508 g/mol. The average Bonchev–Trinajstić information content (AvgIpc) is 3.40. The molecule has 1 aliphatic rings. The number of anilines is 1. The maximum atomic E-state index is 12.8. The second-order valence-electron chi connectivity index (χ2n) is 6.21. The van der Waals surface area contributed by atoms with Gasteiger partial charge in [-0.1, -0.05) is 12.1 Å². The molecule has 3 aromatic rings. The largest absolute Gasteiger partial charge is 0.467 e. The molecule has 2 amide bonds. The number of amides is 2. The van der Waals surface area contributed by atoms with Crippen LogP contribution in [0.2, 0.25) is 0 Å². The van der Waals surface area contributed by atoms with Gasteiger partial charge in [-0.2, -0.15) is 16.9 Å². The third-order valence-electron chi connectivity index (χ3n) is 4.30. The van der Waals surface area contributed by atoms with Gasteiger partial charge in [0.25, 0.3) is 5.91 Å². The van der Waals surface area contributed by atoms with Crippen LogP contribution in [0, 0.1) is 3.57 Å². The van der Waals surface area contributed by atoms with E-state index >= 15 is 0 Å². The number of furan rings is 1. The number of rotatable bonds is 6. The van der Waals surface area contributed by atoms with Gasteiger partial charge < -0.3 is 15.1 Å². The Morgan fingerprint density at radius 1 is 1.21 bits per heavy atom. The van der Waals surface area contributed by atoms with E-state index in [1.165, 1.54) is 0 Å². The average molecular weight is 508 g/mol.